The molecule has 1 aromatic carbocycles. The van der Waals surface area contributed by atoms with Crippen molar-refractivity contribution in [3.05, 3.63) is 24.3 Å². The predicted molar refractivity (Wildman–Crippen MR) is 55.6 cm³/mol. The monoisotopic (exact) mass is 215 g/mol. The van der Waals surface area contributed by atoms with E-state index in [0.717, 1.165) is 5.69 Å². The first kappa shape index (κ1) is 11.2. The summed E-state index contributed by atoms with van der Waals surface area (Å²) in [7, 11) is 0. The van der Waals surface area contributed by atoms with Crippen molar-refractivity contribution in [2.45, 2.75) is 17.9 Å². The molecule has 1 aromatic rings. The maximum Gasteiger partial charge on any atom is 0.186 e. The van der Waals surface area contributed by atoms with E-state index in [0.29, 0.717) is 11.4 Å². The SMILES string of the molecule is CC(O)CNc1ccc(S(=O)O)cc1. The average Bonchev–Trinajstić information content (AvgIpc) is 2.15. The van der Waals surface area contributed by atoms with E-state index in [1.165, 1.54) is 0 Å². The van der Waals surface area contributed by atoms with Gasteiger partial charge in [-0.25, -0.2) is 4.21 Å². The van der Waals surface area contributed by atoms with Crippen LogP contribution < -0.4 is 5.32 Å². The molecule has 0 aromatic heterocycles. The van der Waals surface area contributed by atoms with Gasteiger partial charge in [-0.2, -0.15) is 0 Å². The van der Waals surface area contributed by atoms with Crippen molar-refractivity contribution in [2.24, 2.45) is 0 Å². The van der Waals surface area contributed by atoms with Crippen LogP contribution in [0.1, 0.15) is 6.92 Å². The van der Waals surface area contributed by atoms with Gasteiger partial charge in [0.2, 0.25) is 0 Å². The van der Waals surface area contributed by atoms with Crippen LogP contribution in [0.15, 0.2) is 29.2 Å². The van der Waals surface area contributed by atoms with Gasteiger partial charge in [-0.05, 0) is 31.2 Å². The molecular weight excluding hydrogens is 202 g/mol. The Labute approximate surface area is 85.2 Å². The zero-order chi connectivity index (χ0) is 10.6. The van der Waals surface area contributed by atoms with Gasteiger partial charge in [-0.3, -0.25) is 0 Å². The molecule has 0 bridgehead atoms. The van der Waals surface area contributed by atoms with E-state index >= 15 is 0 Å². The van der Waals surface area contributed by atoms with Crippen LogP contribution in [0, 0.1) is 0 Å². The average molecular weight is 215 g/mol. The van der Waals surface area contributed by atoms with Gasteiger partial charge < -0.3 is 15.0 Å². The lowest BCUT2D eigenvalue weighted by atomic mass is 10.3. The molecule has 0 spiro atoms. The van der Waals surface area contributed by atoms with E-state index in [1.807, 2.05) is 0 Å². The third-order valence-corrected chi connectivity index (χ3v) is 2.33. The molecule has 5 heteroatoms. The Morgan fingerprint density at radius 1 is 1.43 bits per heavy atom. The first-order chi connectivity index (χ1) is 6.59. The molecule has 0 radical (unpaired) electrons. The zero-order valence-electron chi connectivity index (χ0n) is 7.80. The van der Waals surface area contributed by atoms with Crippen molar-refractivity contribution >= 4 is 16.8 Å². The molecule has 0 saturated carbocycles. The van der Waals surface area contributed by atoms with Gasteiger partial charge >= 0.3 is 0 Å². The minimum atomic E-state index is -1.93. The first-order valence-corrected chi connectivity index (χ1v) is 5.33. The molecule has 1 rings (SSSR count). The molecule has 2 unspecified atom stereocenters. The molecule has 0 heterocycles. The fraction of sp³-hybridized carbons (Fsp3) is 0.333. The summed E-state index contributed by atoms with van der Waals surface area (Å²) >= 11 is -1.93. The van der Waals surface area contributed by atoms with Crippen LogP contribution in [0.2, 0.25) is 0 Å². The first-order valence-electron chi connectivity index (χ1n) is 4.22. The van der Waals surface area contributed by atoms with Crippen LogP contribution in [0.5, 0.6) is 0 Å². The summed E-state index contributed by atoms with van der Waals surface area (Å²) in [5, 5.41) is 12.0. The second kappa shape index (κ2) is 5.09. The van der Waals surface area contributed by atoms with Gasteiger partial charge in [0.25, 0.3) is 0 Å². The molecule has 0 aliphatic carbocycles. The molecule has 0 aliphatic heterocycles. The number of anilines is 1. The zero-order valence-corrected chi connectivity index (χ0v) is 8.62. The quantitative estimate of drug-likeness (QED) is 0.657. The maximum absolute atomic E-state index is 10.6. The Balaban J connectivity index is 2.60. The third-order valence-electron chi connectivity index (χ3n) is 1.66. The number of aliphatic hydroxyl groups is 1. The van der Waals surface area contributed by atoms with Crippen LogP contribution in [0.4, 0.5) is 5.69 Å². The number of aliphatic hydroxyl groups excluding tert-OH is 1. The lowest BCUT2D eigenvalue weighted by Gasteiger charge is -2.08. The number of nitrogens with one attached hydrogen (secondary N) is 1. The summed E-state index contributed by atoms with van der Waals surface area (Å²) in [6.45, 7) is 2.14. The van der Waals surface area contributed by atoms with Gasteiger partial charge in [-0.1, -0.05) is 0 Å². The Hall–Kier alpha value is -0.910. The van der Waals surface area contributed by atoms with E-state index in [4.69, 9.17) is 9.66 Å². The van der Waals surface area contributed by atoms with Gasteiger partial charge in [0.05, 0.1) is 11.0 Å². The van der Waals surface area contributed by atoms with Gasteiger partial charge in [0, 0.05) is 12.2 Å². The predicted octanol–water partition coefficient (Wildman–Crippen LogP) is 1.06. The molecule has 14 heavy (non-hydrogen) atoms. The van der Waals surface area contributed by atoms with Gasteiger partial charge in [-0.15, -0.1) is 0 Å². The van der Waals surface area contributed by atoms with Gasteiger partial charge in [0.15, 0.2) is 11.1 Å². The molecule has 0 aliphatic rings. The van der Waals surface area contributed by atoms with Crippen LogP contribution in [0.3, 0.4) is 0 Å². The van der Waals surface area contributed by atoms with E-state index in [-0.39, 0.29) is 0 Å². The third kappa shape index (κ3) is 3.45. The molecule has 4 nitrogen and oxygen atoms in total. The molecule has 0 saturated heterocycles. The van der Waals surface area contributed by atoms with E-state index in [9.17, 15) is 4.21 Å². The summed E-state index contributed by atoms with van der Waals surface area (Å²) in [4.78, 5) is 0.368. The summed E-state index contributed by atoms with van der Waals surface area (Å²) < 4.78 is 19.4. The molecule has 78 valence electrons. The normalized spacial score (nSPS) is 14.8. The number of hydrogen-bond acceptors (Lipinski definition) is 3. The number of hydrogen-bond donors (Lipinski definition) is 3. The van der Waals surface area contributed by atoms with Crippen LogP contribution in [0.25, 0.3) is 0 Å². The van der Waals surface area contributed by atoms with Crippen molar-refractivity contribution in [3.8, 4) is 0 Å². The van der Waals surface area contributed by atoms with Crippen molar-refractivity contribution in [3.63, 3.8) is 0 Å². The maximum atomic E-state index is 10.6. The van der Waals surface area contributed by atoms with E-state index in [2.05, 4.69) is 5.32 Å². The highest BCUT2D eigenvalue weighted by molar-refractivity contribution is 7.79. The van der Waals surface area contributed by atoms with Crippen molar-refractivity contribution < 1.29 is 13.9 Å². The lowest BCUT2D eigenvalue weighted by molar-refractivity contribution is 0.208. The van der Waals surface area contributed by atoms with E-state index < -0.39 is 17.2 Å². The highest BCUT2D eigenvalue weighted by atomic mass is 32.2. The molecule has 0 amide bonds. The standard InChI is InChI=1S/C9H13NO3S/c1-7(11)6-10-8-2-4-9(5-3-8)14(12)13/h2-5,7,10-11H,6H2,1H3,(H,12,13). The summed E-state index contributed by atoms with van der Waals surface area (Å²) in [5.41, 5.74) is 0.820. The van der Waals surface area contributed by atoms with Crippen LogP contribution in [-0.4, -0.2) is 26.5 Å². The second-order valence-electron chi connectivity index (χ2n) is 3.00. The van der Waals surface area contributed by atoms with Crippen molar-refractivity contribution in [1.82, 2.24) is 0 Å². The molecule has 3 N–H and O–H groups in total. The topological polar surface area (TPSA) is 69.6 Å². The second-order valence-corrected chi connectivity index (χ2v) is 3.97. The number of benzene rings is 1. The minimum absolute atomic E-state index is 0.368. The van der Waals surface area contributed by atoms with Gasteiger partial charge in [0.1, 0.15) is 0 Å². The molecule has 0 fully saturated rings. The molecular formula is C9H13NO3S. The van der Waals surface area contributed by atoms with Crippen LogP contribution >= 0.6 is 0 Å². The smallest absolute Gasteiger partial charge is 0.186 e. The summed E-state index contributed by atoms with van der Waals surface area (Å²) in [6, 6.07) is 6.54. The highest BCUT2D eigenvalue weighted by Gasteiger charge is 1.99. The highest BCUT2D eigenvalue weighted by Crippen LogP contribution is 2.11. The Morgan fingerprint density at radius 3 is 2.43 bits per heavy atom. The van der Waals surface area contributed by atoms with E-state index in [1.54, 1.807) is 31.2 Å². The van der Waals surface area contributed by atoms with Crippen molar-refractivity contribution in [2.75, 3.05) is 11.9 Å². The fourth-order valence-corrected chi connectivity index (χ4v) is 1.32. The molecule has 2 atom stereocenters. The fourth-order valence-electron chi connectivity index (χ4n) is 0.955. The van der Waals surface area contributed by atoms with Crippen molar-refractivity contribution in [1.29, 1.82) is 0 Å². The van der Waals surface area contributed by atoms with Crippen LogP contribution in [-0.2, 0) is 11.1 Å². The minimum Gasteiger partial charge on any atom is -0.392 e. The largest absolute Gasteiger partial charge is 0.392 e. The summed E-state index contributed by atoms with van der Waals surface area (Å²) in [5.74, 6) is 0. The number of rotatable bonds is 4. The lowest BCUT2D eigenvalue weighted by Crippen LogP contribution is -2.15. The Bertz CT molecular complexity index is 310. The summed E-state index contributed by atoms with van der Waals surface area (Å²) in [6.07, 6.45) is -0.415. The Morgan fingerprint density at radius 2 is 2.00 bits per heavy atom. The Kier molecular flexibility index (Phi) is 4.06.